The molecule has 0 aliphatic heterocycles. The third kappa shape index (κ3) is 3.24. The number of hydrogen-bond donors (Lipinski definition) is 2. The van der Waals surface area contributed by atoms with Gasteiger partial charge in [0, 0.05) is 17.3 Å². The van der Waals surface area contributed by atoms with Crippen molar-refractivity contribution in [3.8, 4) is 22.5 Å². The van der Waals surface area contributed by atoms with Crippen molar-refractivity contribution in [1.29, 1.82) is 0 Å². The van der Waals surface area contributed by atoms with Crippen LogP contribution in [0.25, 0.3) is 28.2 Å². The van der Waals surface area contributed by atoms with Gasteiger partial charge < -0.3 is 10.4 Å². The summed E-state index contributed by atoms with van der Waals surface area (Å²) in [6, 6.07) is 18.4. The summed E-state index contributed by atoms with van der Waals surface area (Å²) < 4.78 is 2.12. The molecule has 2 heterocycles. The quantitative estimate of drug-likeness (QED) is 0.475. The molecular formula is C25H24N4O2. The van der Waals surface area contributed by atoms with Crippen molar-refractivity contribution < 1.29 is 9.90 Å². The van der Waals surface area contributed by atoms with E-state index in [-0.39, 0.29) is 0 Å². The van der Waals surface area contributed by atoms with Crippen LogP contribution >= 0.6 is 0 Å². The lowest BCUT2D eigenvalue weighted by Crippen LogP contribution is -2.50. The standard InChI is InChI=1S/C25H24N4O2/c1-16-15-29-22(19-7-4-3-5-8-19)21(27-23(29)17(2)26-16)18-9-11-20(12-10-18)25(13-6-14-25)28-24(30)31/h3-5,7-12,15,28H,6,13-14H2,1-2H3,(H,30,31). The normalized spacial score (nSPS) is 14.9. The lowest BCUT2D eigenvalue weighted by Gasteiger charge is -2.42. The number of amides is 1. The second-order valence-corrected chi connectivity index (χ2v) is 8.28. The molecule has 0 radical (unpaired) electrons. The van der Waals surface area contributed by atoms with Crippen molar-refractivity contribution in [3.05, 3.63) is 77.7 Å². The zero-order valence-corrected chi connectivity index (χ0v) is 17.6. The van der Waals surface area contributed by atoms with Crippen LogP contribution in [0.4, 0.5) is 4.79 Å². The molecule has 1 saturated carbocycles. The van der Waals surface area contributed by atoms with Crippen LogP contribution in [-0.4, -0.2) is 25.6 Å². The fraction of sp³-hybridized carbons (Fsp3) is 0.240. The predicted molar refractivity (Wildman–Crippen MR) is 120 cm³/mol. The largest absolute Gasteiger partial charge is 0.465 e. The van der Waals surface area contributed by atoms with E-state index < -0.39 is 11.6 Å². The van der Waals surface area contributed by atoms with E-state index in [1.165, 1.54) is 0 Å². The zero-order chi connectivity index (χ0) is 21.6. The highest BCUT2D eigenvalue weighted by atomic mass is 16.4. The number of aryl methyl sites for hydroxylation is 2. The molecule has 0 atom stereocenters. The molecule has 6 heteroatoms. The monoisotopic (exact) mass is 412 g/mol. The average Bonchev–Trinajstić information content (AvgIpc) is 3.11. The van der Waals surface area contributed by atoms with Crippen molar-refractivity contribution in [3.63, 3.8) is 0 Å². The van der Waals surface area contributed by atoms with Gasteiger partial charge >= 0.3 is 6.09 Å². The Morgan fingerprint density at radius 3 is 2.32 bits per heavy atom. The van der Waals surface area contributed by atoms with Crippen LogP contribution in [0.5, 0.6) is 0 Å². The Bertz CT molecular complexity index is 1270. The minimum absolute atomic E-state index is 0.469. The van der Waals surface area contributed by atoms with Crippen molar-refractivity contribution in [2.45, 2.75) is 38.6 Å². The summed E-state index contributed by atoms with van der Waals surface area (Å²) in [5.41, 5.74) is 7.20. The maximum atomic E-state index is 11.3. The third-order valence-corrected chi connectivity index (χ3v) is 6.21. The first-order chi connectivity index (χ1) is 15.0. The number of imidazole rings is 1. The van der Waals surface area contributed by atoms with Gasteiger partial charge in [-0.2, -0.15) is 0 Å². The number of hydrogen-bond acceptors (Lipinski definition) is 3. The van der Waals surface area contributed by atoms with Gasteiger partial charge in [-0.15, -0.1) is 0 Å². The topological polar surface area (TPSA) is 79.5 Å². The van der Waals surface area contributed by atoms with Crippen LogP contribution in [0.15, 0.2) is 60.8 Å². The van der Waals surface area contributed by atoms with Crippen LogP contribution in [0.1, 0.15) is 36.2 Å². The first-order valence-electron chi connectivity index (χ1n) is 10.5. The number of benzene rings is 2. The van der Waals surface area contributed by atoms with E-state index in [1.807, 2.05) is 62.5 Å². The average molecular weight is 412 g/mol. The predicted octanol–water partition coefficient (Wildman–Crippen LogP) is 5.33. The molecule has 1 aliphatic rings. The molecule has 1 aliphatic carbocycles. The molecule has 0 unspecified atom stereocenters. The molecule has 0 saturated heterocycles. The Hall–Kier alpha value is -3.67. The third-order valence-electron chi connectivity index (χ3n) is 6.21. The van der Waals surface area contributed by atoms with E-state index in [1.54, 1.807) is 0 Å². The molecule has 156 valence electrons. The molecule has 1 fully saturated rings. The Labute approximate surface area is 180 Å². The summed E-state index contributed by atoms with van der Waals surface area (Å²) in [6.45, 7) is 3.97. The number of nitrogens with zero attached hydrogens (tertiary/aromatic N) is 3. The van der Waals surface area contributed by atoms with Gasteiger partial charge in [-0.1, -0.05) is 54.6 Å². The Kier molecular flexibility index (Phi) is 4.50. The lowest BCUT2D eigenvalue weighted by atomic mass is 9.72. The molecule has 2 aromatic carbocycles. The highest BCUT2D eigenvalue weighted by Crippen LogP contribution is 2.42. The van der Waals surface area contributed by atoms with E-state index >= 15 is 0 Å². The Morgan fingerprint density at radius 2 is 1.71 bits per heavy atom. The molecule has 5 rings (SSSR count). The fourth-order valence-corrected chi connectivity index (χ4v) is 4.58. The van der Waals surface area contributed by atoms with Gasteiger partial charge in [0.1, 0.15) is 0 Å². The van der Waals surface area contributed by atoms with Gasteiger partial charge in [0.2, 0.25) is 0 Å². The number of carbonyl (C=O) groups is 1. The van der Waals surface area contributed by atoms with Crippen LogP contribution in [0.2, 0.25) is 0 Å². The molecule has 4 aromatic rings. The number of rotatable bonds is 4. The molecule has 1 amide bonds. The molecule has 2 aromatic heterocycles. The molecule has 0 bridgehead atoms. The van der Waals surface area contributed by atoms with E-state index in [0.717, 1.165) is 64.4 Å². The molecule has 2 N–H and O–H groups in total. The van der Waals surface area contributed by atoms with Crippen molar-refractivity contribution in [2.75, 3.05) is 0 Å². The number of aromatic nitrogens is 3. The van der Waals surface area contributed by atoms with Gasteiger partial charge in [-0.3, -0.25) is 9.38 Å². The minimum atomic E-state index is -0.978. The van der Waals surface area contributed by atoms with Gasteiger partial charge in [0.25, 0.3) is 0 Å². The highest BCUT2D eigenvalue weighted by Gasteiger charge is 2.40. The summed E-state index contributed by atoms with van der Waals surface area (Å²) in [7, 11) is 0. The Morgan fingerprint density at radius 1 is 1.00 bits per heavy atom. The van der Waals surface area contributed by atoms with E-state index in [2.05, 4.69) is 26.8 Å². The molecule has 31 heavy (non-hydrogen) atoms. The second kappa shape index (κ2) is 7.23. The summed E-state index contributed by atoms with van der Waals surface area (Å²) in [5, 5.41) is 12.0. The molecule has 6 nitrogen and oxygen atoms in total. The lowest BCUT2D eigenvalue weighted by molar-refractivity contribution is 0.144. The van der Waals surface area contributed by atoms with Crippen molar-refractivity contribution in [2.24, 2.45) is 0 Å². The maximum Gasteiger partial charge on any atom is 0.405 e. The SMILES string of the molecule is Cc1cn2c(-c3ccccc3)c(-c3ccc(C4(NC(=O)O)CCC4)cc3)nc2c(C)n1. The summed E-state index contributed by atoms with van der Waals surface area (Å²) in [5.74, 6) is 0. The fourth-order valence-electron chi connectivity index (χ4n) is 4.58. The number of fused-ring (bicyclic) bond motifs is 1. The van der Waals surface area contributed by atoms with E-state index in [9.17, 15) is 9.90 Å². The van der Waals surface area contributed by atoms with Crippen LogP contribution < -0.4 is 5.32 Å². The van der Waals surface area contributed by atoms with Crippen molar-refractivity contribution >= 4 is 11.7 Å². The van der Waals surface area contributed by atoms with Crippen LogP contribution in [0.3, 0.4) is 0 Å². The van der Waals surface area contributed by atoms with Crippen LogP contribution in [-0.2, 0) is 5.54 Å². The van der Waals surface area contributed by atoms with Gasteiger partial charge in [-0.25, -0.2) is 9.78 Å². The van der Waals surface area contributed by atoms with Gasteiger partial charge in [0.15, 0.2) is 5.65 Å². The zero-order valence-electron chi connectivity index (χ0n) is 17.6. The molecular weight excluding hydrogens is 388 g/mol. The first-order valence-corrected chi connectivity index (χ1v) is 10.5. The van der Waals surface area contributed by atoms with E-state index in [4.69, 9.17) is 4.98 Å². The number of nitrogens with one attached hydrogen (secondary N) is 1. The minimum Gasteiger partial charge on any atom is -0.465 e. The smallest absolute Gasteiger partial charge is 0.405 e. The van der Waals surface area contributed by atoms with E-state index in [0.29, 0.717) is 0 Å². The van der Waals surface area contributed by atoms with Gasteiger partial charge in [0.05, 0.1) is 28.3 Å². The first kappa shape index (κ1) is 19.3. The summed E-state index contributed by atoms with van der Waals surface area (Å²) in [6.07, 6.45) is 3.72. The number of carboxylic acid groups (broad SMARTS) is 1. The van der Waals surface area contributed by atoms with Crippen LogP contribution in [0, 0.1) is 13.8 Å². The summed E-state index contributed by atoms with van der Waals surface area (Å²) >= 11 is 0. The highest BCUT2D eigenvalue weighted by molar-refractivity contribution is 5.82. The summed E-state index contributed by atoms with van der Waals surface area (Å²) in [4.78, 5) is 20.9. The van der Waals surface area contributed by atoms with Crippen molar-refractivity contribution in [1.82, 2.24) is 19.7 Å². The van der Waals surface area contributed by atoms with Gasteiger partial charge in [-0.05, 0) is 38.7 Å². The Balaban J connectivity index is 1.65. The maximum absolute atomic E-state index is 11.3. The second-order valence-electron chi connectivity index (χ2n) is 8.28. The molecule has 0 spiro atoms.